The average molecular weight is 343 g/mol. The van der Waals surface area contributed by atoms with Crippen LogP contribution in [0.4, 0.5) is 11.5 Å². The lowest BCUT2D eigenvalue weighted by molar-refractivity contribution is -0.384. The fourth-order valence-electron chi connectivity index (χ4n) is 2.10. The van der Waals surface area contributed by atoms with Crippen molar-refractivity contribution < 1.29 is 14.5 Å². The maximum atomic E-state index is 11.9. The molecule has 1 aromatic carbocycles. The summed E-state index contributed by atoms with van der Waals surface area (Å²) in [4.78, 5) is 31.8. The standard InChI is InChI=1S/C16H17N5O4/c1-20(2)15(22)10-3-7-12(8-4-10)25-16-17-9-13(21(23)24)14(19-16)18-11-5-6-11/h3-4,7-9,11H,5-6H2,1-2H3,(H,17,18,19). The van der Waals surface area contributed by atoms with Gasteiger partial charge in [0.2, 0.25) is 5.82 Å². The number of amides is 1. The molecule has 1 aliphatic rings. The van der Waals surface area contributed by atoms with Gasteiger partial charge < -0.3 is 15.0 Å². The Labute approximate surface area is 143 Å². The van der Waals surface area contributed by atoms with Crippen LogP contribution in [-0.4, -0.2) is 45.8 Å². The highest BCUT2D eigenvalue weighted by Gasteiger charge is 2.26. The van der Waals surface area contributed by atoms with Gasteiger partial charge in [-0.3, -0.25) is 14.9 Å². The van der Waals surface area contributed by atoms with Crippen molar-refractivity contribution in [3.8, 4) is 11.8 Å². The van der Waals surface area contributed by atoms with Crippen LogP contribution in [0, 0.1) is 10.1 Å². The Hall–Kier alpha value is -3.23. The molecule has 1 heterocycles. The van der Waals surface area contributed by atoms with E-state index in [1.165, 1.54) is 4.90 Å². The molecular weight excluding hydrogens is 326 g/mol. The second-order valence-electron chi connectivity index (χ2n) is 5.89. The molecular formula is C16H17N5O4. The number of nitrogens with zero attached hydrogens (tertiary/aromatic N) is 4. The van der Waals surface area contributed by atoms with E-state index in [4.69, 9.17) is 4.74 Å². The lowest BCUT2D eigenvalue weighted by atomic mass is 10.2. The first kappa shape index (κ1) is 16.6. The molecule has 0 spiro atoms. The topological polar surface area (TPSA) is 110 Å². The van der Waals surface area contributed by atoms with Gasteiger partial charge in [0.1, 0.15) is 11.9 Å². The minimum atomic E-state index is -0.532. The second kappa shape index (κ2) is 6.71. The largest absolute Gasteiger partial charge is 0.424 e. The van der Waals surface area contributed by atoms with Crippen molar-refractivity contribution in [2.45, 2.75) is 18.9 Å². The molecule has 0 unspecified atom stereocenters. The summed E-state index contributed by atoms with van der Waals surface area (Å²) in [7, 11) is 3.34. The molecule has 0 atom stereocenters. The van der Waals surface area contributed by atoms with E-state index in [1.54, 1.807) is 38.4 Å². The van der Waals surface area contributed by atoms with E-state index in [0.717, 1.165) is 19.0 Å². The monoisotopic (exact) mass is 343 g/mol. The predicted octanol–water partition coefficient (Wildman–Crippen LogP) is 2.45. The zero-order chi connectivity index (χ0) is 18.0. The van der Waals surface area contributed by atoms with Gasteiger partial charge in [-0.25, -0.2) is 0 Å². The Balaban J connectivity index is 1.78. The van der Waals surface area contributed by atoms with E-state index in [0.29, 0.717) is 11.3 Å². The van der Waals surface area contributed by atoms with Gasteiger partial charge in [0.15, 0.2) is 0 Å². The molecule has 1 fully saturated rings. The third kappa shape index (κ3) is 4.00. The number of anilines is 1. The predicted molar refractivity (Wildman–Crippen MR) is 89.9 cm³/mol. The van der Waals surface area contributed by atoms with Gasteiger partial charge in [-0.2, -0.15) is 9.97 Å². The Bertz CT molecular complexity index is 803. The lowest BCUT2D eigenvalue weighted by Crippen LogP contribution is -2.21. The molecule has 0 aliphatic heterocycles. The normalized spacial score (nSPS) is 13.2. The molecule has 1 N–H and O–H groups in total. The quantitative estimate of drug-likeness (QED) is 0.633. The highest BCUT2D eigenvalue weighted by Crippen LogP contribution is 2.30. The summed E-state index contributed by atoms with van der Waals surface area (Å²) in [5.41, 5.74) is 0.337. The van der Waals surface area contributed by atoms with Gasteiger partial charge in [-0.15, -0.1) is 0 Å². The smallest absolute Gasteiger partial charge is 0.329 e. The van der Waals surface area contributed by atoms with Crippen LogP contribution >= 0.6 is 0 Å². The molecule has 130 valence electrons. The van der Waals surface area contributed by atoms with Crippen molar-refractivity contribution in [3.63, 3.8) is 0 Å². The molecule has 1 saturated carbocycles. The maximum Gasteiger partial charge on any atom is 0.329 e. The van der Waals surface area contributed by atoms with Crippen LogP contribution in [0.2, 0.25) is 0 Å². The number of hydrogen-bond acceptors (Lipinski definition) is 7. The van der Waals surface area contributed by atoms with Crippen LogP contribution in [0.25, 0.3) is 0 Å². The van der Waals surface area contributed by atoms with Crippen LogP contribution in [0.5, 0.6) is 11.8 Å². The fourth-order valence-corrected chi connectivity index (χ4v) is 2.10. The third-order valence-electron chi connectivity index (χ3n) is 3.58. The molecule has 0 saturated heterocycles. The van der Waals surface area contributed by atoms with Crippen LogP contribution in [0.3, 0.4) is 0 Å². The number of hydrogen-bond donors (Lipinski definition) is 1. The van der Waals surface area contributed by atoms with E-state index in [9.17, 15) is 14.9 Å². The number of ether oxygens (including phenoxy) is 1. The van der Waals surface area contributed by atoms with Gasteiger partial charge in [0.05, 0.1) is 4.92 Å². The highest BCUT2D eigenvalue weighted by atomic mass is 16.6. The van der Waals surface area contributed by atoms with Crippen LogP contribution in [0.15, 0.2) is 30.5 Å². The summed E-state index contributed by atoms with van der Waals surface area (Å²) in [5, 5.41) is 14.1. The average Bonchev–Trinajstić information content (AvgIpc) is 3.39. The molecule has 1 aromatic heterocycles. The molecule has 3 rings (SSSR count). The Morgan fingerprint density at radius 3 is 2.56 bits per heavy atom. The Kier molecular flexibility index (Phi) is 4.46. The first-order valence-electron chi connectivity index (χ1n) is 7.71. The first-order chi connectivity index (χ1) is 11.9. The number of nitro groups is 1. The van der Waals surface area contributed by atoms with Crippen molar-refractivity contribution in [1.29, 1.82) is 0 Å². The number of carbonyl (C=O) groups excluding carboxylic acids is 1. The van der Waals surface area contributed by atoms with Gasteiger partial charge in [-0.1, -0.05) is 0 Å². The van der Waals surface area contributed by atoms with E-state index in [1.807, 2.05) is 0 Å². The van der Waals surface area contributed by atoms with Gasteiger partial charge in [-0.05, 0) is 37.1 Å². The van der Waals surface area contributed by atoms with Crippen molar-refractivity contribution >= 4 is 17.4 Å². The van der Waals surface area contributed by atoms with Crippen molar-refractivity contribution in [1.82, 2.24) is 14.9 Å². The SMILES string of the molecule is CN(C)C(=O)c1ccc(Oc2ncc([N+](=O)[O-])c(NC3CC3)n2)cc1. The summed E-state index contributed by atoms with van der Waals surface area (Å²) < 4.78 is 5.54. The Morgan fingerprint density at radius 2 is 2.00 bits per heavy atom. The van der Waals surface area contributed by atoms with Crippen molar-refractivity contribution in [2.75, 3.05) is 19.4 Å². The molecule has 1 aliphatic carbocycles. The maximum absolute atomic E-state index is 11.9. The fraction of sp³-hybridized carbons (Fsp3) is 0.312. The minimum Gasteiger partial charge on any atom is -0.424 e. The summed E-state index contributed by atoms with van der Waals surface area (Å²) in [6, 6.07) is 6.71. The zero-order valence-electron chi connectivity index (χ0n) is 13.8. The van der Waals surface area contributed by atoms with Gasteiger partial charge >= 0.3 is 11.7 Å². The number of rotatable bonds is 6. The van der Waals surface area contributed by atoms with Crippen molar-refractivity contribution in [3.05, 3.63) is 46.1 Å². The van der Waals surface area contributed by atoms with Gasteiger partial charge in [0, 0.05) is 25.7 Å². The molecule has 25 heavy (non-hydrogen) atoms. The number of carbonyl (C=O) groups is 1. The lowest BCUT2D eigenvalue weighted by Gasteiger charge is -2.11. The molecule has 9 heteroatoms. The highest BCUT2D eigenvalue weighted by molar-refractivity contribution is 5.93. The zero-order valence-corrected chi connectivity index (χ0v) is 13.8. The third-order valence-corrected chi connectivity index (χ3v) is 3.58. The molecule has 1 amide bonds. The van der Waals surface area contributed by atoms with Crippen LogP contribution < -0.4 is 10.1 Å². The Morgan fingerprint density at radius 1 is 1.32 bits per heavy atom. The number of nitrogens with one attached hydrogen (secondary N) is 1. The minimum absolute atomic E-state index is 0.000404. The molecule has 0 bridgehead atoms. The van der Waals surface area contributed by atoms with Crippen molar-refractivity contribution in [2.24, 2.45) is 0 Å². The summed E-state index contributed by atoms with van der Waals surface area (Å²) in [6.07, 6.45) is 3.04. The first-order valence-corrected chi connectivity index (χ1v) is 7.71. The second-order valence-corrected chi connectivity index (χ2v) is 5.89. The van der Waals surface area contributed by atoms with E-state index in [-0.39, 0.29) is 29.5 Å². The van der Waals surface area contributed by atoms with E-state index in [2.05, 4.69) is 15.3 Å². The van der Waals surface area contributed by atoms with Gasteiger partial charge in [0.25, 0.3) is 5.91 Å². The number of benzene rings is 1. The summed E-state index contributed by atoms with van der Waals surface area (Å²) in [5.74, 6) is 0.465. The summed E-state index contributed by atoms with van der Waals surface area (Å²) in [6.45, 7) is 0. The molecule has 0 radical (unpaired) electrons. The summed E-state index contributed by atoms with van der Waals surface area (Å²) >= 11 is 0. The van der Waals surface area contributed by atoms with E-state index >= 15 is 0 Å². The van der Waals surface area contributed by atoms with E-state index < -0.39 is 4.92 Å². The molecule has 2 aromatic rings. The van der Waals surface area contributed by atoms with Crippen LogP contribution in [-0.2, 0) is 0 Å². The number of aromatic nitrogens is 2. The molecule has 9 nitrogen and oxygen atoms in total. The van der Waals surface area contributed by atoms with Crippen LogP contribution in [0.1, 0.15) is 23.2 Å².